The van der Waals surface area contributed by atoms with Crippen molar-refractivity contribution in [1.82, 2.24) is 10.2 Å². The van der Waals surface area contributed by atoms with E-state index in [9.17, 15) is 18.0 Å². The van der Waals surface area contributed by atoms with Crippen LogP contribution in [0.1, 0.15) is 43.0 Å². The van der Waals surface area contributed by atoms with E-state index < -0.39 is 34.1 Å². The zero-order chi connectivity index (χ0) is 30.5. The summed E-state index contributed by atoms with van der Waals surface area (Å²) in [5.41, 5.74) is 2.88. The topological polar surface area (TPSA) is 86.8 Å². The summed E-state index contributed by atoms with van der Waals surface area (Å²) < 4.78 is 27.1. The maximum Gasteiger partial charge on any atom is 0.244 e. The van der Waals surface area contributed by atoms with Gasteiger partial charge in [0.05, 0.1) is 11.9 Å². The van der Waals surface area contributed by atoms with E-state index in [4.69, 9.17) is 23.2 Å². The van der Waals surface area contributed by atoms with Crippen molar-refractivity contribution in [1.29, 1.82) is 0 Å². The Labute approximate surface area is 253 Å². The van der Waals surface area contributed by atoms with E-state index in [2.05, 4.69) is 5.32 Å². The maximum absolute atomic E-state index is 14.2. The van der Waals surface area contributed by atoms with Gasteiger partial charge in [0.2, 0.25) is 21.8 Å². The molecule has 1 N–H and O–H groups in total. The quantitative estimate of drug-likeness (QED) is 0.305. The van der Waals surface area contributed by atoms with Gasteiger partial charge in [0.25, 0.3) is 0 Å². The summed E-state index contributed by atoms with van der Waals surface area (Å²) in [6, 6.07) is 18.6. The molecule has 0 heterocycles. The molecule has 0 saturated heterocycles. The van der Waals surface area contributed by atoms with Crippen LogP contribution in [0.5, 0.6) is 0 Å². The second-order valence-electron chi connectivity index (χ2n) is 11.2. The van der Waals surface area contributed by atoms with E-state index in [1.54, 1.807) is 30.3 Å². The number of rotatable bonds is 10. The van der Waals surface area contributed by atoms with Crippen LogP contribution in [0.4, 0.5) is 5.69 Å². The molecular formula is C31H37Cl2N3O4S. The SMILES string of the molecule is Cc1cccc(N(CC(=O)N(Cc2ccc(Cl)cc2Cl)[C@H](Cc2ccccc2)C(=O)NC(C)(C)C)S(C)(=O)=O)c1C. The molecule has 220 valence electrons. The molecule has 0 aliphatic carbocycles. The molecule has 2 amide bonds. The molecule has 0 aromatic heterocycles. The van der Waals surface area contributed by atoms with Gasteiger partial charge in [-0.25, -0.2) is 8.42 Å². The summed E-state index contributed by atoms with van der Waals surface area (Å²) in [4.78, 5) is 29.4. The van der Waals surface area contributed by atoms with Gasteiger partial charge < -0.3 is 10.2 Å². The number of carbonyl (C=O) groups is 2. The molecule has 0 aliphatic heterocycles. The molecule has 10 heteroatoms. The second-order valence-corrected chi connectivity index (χ2v) is 13.9. The molecule has 41 heavy (non-hydrogen) atoms. The molecule has 0 aliphatic rings. The van der Waals surface area contributed by atoms with Gasteiger partial charge in [-0.2, -0.15) is 0 Å². The van der Waals surface area contributed by atoms with Crippen molar-refractivity contribution in [2.24, 2.45) is 0 Å². The number of sulfonamides is 1. The number of hydrogen-bond donors (Lipinski definition) is 1. The first-order chi connectivity index (χ1) is 19.1. The third-order valence-corrected chi connectivity index (χ3v) is 8.36. The van der Waals surface area contributed by atoms with Crippen molar-refractivity contribution in [2.75, 3.05) is 17.1 Å². The van der Waals surface area contributed by atoms with E-state index >= 15 is 0 Å². The minimum atomic E-state index is -3.86. The minimum absolute atomic E-state index is 0.0334. The van der Waals surface area contributed by atoms with Gasteiger partial charge in [-0.1, -0.05) is 71.7 Å². The van der Waals surface area contributed by atoms with Gasteiger partial charge in [-0.05, 0) is 75.1 Å². The Morgan fingerprint density at radius 1 is 0.951 bits per heavy atom. The van der Waals surface area contributed by atoms with Crippen molar-refractivity contribution in [3.8, 4) is 0 Å². The van der Waals surface area contributed by atoms with E-state index in [1.807, 2.05) is 71.0 Å². The van der Waals surface area contributed by atoms with Gasteiger partial charge >= 0.3 is 0 Å². The second kappa shape index (κ2) is 13.3. The number of benzene rings is 3. The Balaban J connectivity index is 2.13. The van der Waals surface area contributed by atoms with E-state index in [0.29, 0.717) is 21.3 Å². The van der Waals surface area contributed by atoms with E-state index in [-0.39, 0.29) is 18.9 Å². The lowest BCUT2D eigenvalue weighted by Crippen LogP contribution is -2.56. The van der Waals surface area contributed by atoms with Crippen LogP contribution >= 0.6 is 23.2 Å². The molecule has 3 aromatic rings. The fourth-order valence-electron chi connectivity index (χ4n) is 4.44. The fourth-order valence-corrected chi connectivity index (χ4v) is 5.81. The number of carbonyl (C=O) groups excluding carboxylic acids is 2. The van der Waals surface area contributed by atoms with Crippen LogP contribution in [-0.2, 0) is 32.6 Å². The molecule has 0 saturated carbocycles. The van der Waals surface area contributed by atoms with Crippen LogP contribution in [0.2, 0.25) is 10.0 Å². The monoisotopic (exact) mass is 617 g/mol. The molecule has 0 bridgehead atoms. The zero-order valence-electron chi connectivity index (χ0n) is 24.2. The molecule has 0 fully saturated rings. The predicted molar refractivity (Wildman–Crippen MR) is 167 cm³/mol. The molecule has 3 rings (SSSR count). The Morgan fingerprint density at radius 3 is 2.20 bits per heavy atom. The summed E-state index contributed by atoms with van der Waals surface area (Å²) in [5.74, 6) is -0.912. The van der Waals surface area contributed by atoms with E-state index in [0.717, 1.165) is 27.3 Å². The molecule has 7 nitrogen and oxygen atoms in total. The first-order valence-electron chi connectivity index (χ1n) is 13.2. The summed E-state index contributed by atoms with van der Waals surface area (Å²) in [5, 5.41) is 3.76. The number of nitrogens with zero attached hydrogens (tertiary/aromatic N) is 2. The maximum atomic E-state index is 14.2. The minimum Gasteiger partial charge on any atom is -0.350 e. The standard InChI is InChI=1S/C31H37Cl2N3O4S/c1-21-11-10-14-27(22(21)2)36(41(6,39)40)20-29(37)35(19-24-15-16-25(32)18-26(24)33)28(30(38)34-31(3,4)5)17-23-12-8-7-9-13-23/h7-16,18,28H,17,19-20H2,1-6H3,(H,34,38)/t28-/m1/s1. The Bertz CT molecular complexity index is 1510. The van der Waals surface area contributed by atoms with Crippen molar-refractivity contribution < 1.29 is 18.0 Å². The Hall–Kier alpha value is -3.07. The summed E-state index contributed by atoms with van der Waals surface area (Å²) >= 11 is 12.6. The highest BCUT2D eigenvalue weighted by Crippen LogP contribution is 2.27. The highest BCUT2D eigenvalue weighted by molar-refractivity contribution is 7.92. The summed E-state index contributed by atoms with van der Waals surface area (Å²) in [7, 11) is -3.86. The van der Waals surface area contributed by atoms with Crippen LogP contribution in [0.25, 0.3) is 0 Å². The molecule has 1 atom stereocenters. The third-order valence-electron chi connectivity index (χ3n) is 6.65. The van der Waals surface area contributed by atoms with Crippen LogP contribution in [0.15, 0.2) is 66.7 Å². The highest BCUT2D eigenvalue weighted by Gasteiger charge is 2.35. The van der Waals surface area contributed by atoms with Crippen LogP contribution in [0, 0.1) is 13.8 Å². The lowest BCUT2D eigenvalue weighted by atomic mass is 10.0. The molecule has 0 radical (unpaired) electrons. The van der Waals surface area contributed by atoms with Crippen molar-refractivity contribution >= 4 is 50.7 Å². The third kappa shape index (κ3) is 8.96. The van der Waals surface area contributed by atoms with Crippen molar-refractivity contribution in [3.05, 3.63) is 99.0 Å². The van der Waals surface area contributed by atoms with Crippen molar-refractivity contribution in [3.63, 3.8) is 0 Å². The first kappa shape index (κ1) is 32.4. The highest BCUT2D eigenvalue weighted by atomic mass is 35.5. The first-order valence-corrected chi connectivity index (χ1v) is 15.8. The number of aryl methyl sites for hydroxylation is 1. The van der Waals surface area contributed by atoms with Crippen molar-refractivity contribution in [2.45, 2.75) is 59.2 Å². The normalized spacial score (nSPS) is 12.5. The smallest absolute Gasteiger partial charge is 0.244 e. The number of anilines is 1. The summed E-state index contributed by atoms with van der Waals surface area (Å²) in [6.45, 7) is 8.74. The fraction of sp³-hybridized carbons (Fsp3) is 0.355. The zero-order valence-corrected chi connectivity index (χ0v) is 26.6. The van der Waals surface area contributed by atoms with E-state index in [1.165, 1.54) is 4.90 Å². The largest absolute Gasteiger partial charge is 0.350 e. The molecule has 0 spiro atoms. The molecule has 3 aromatic carbocycles. The average molecular weight is 619 g/mol. The number of nitrogens with one attached hydrogen (secondary N) is 1. The Morgan fingerprint density at radius 2 is 1.61 bits per heavy atom. The lowest BCUT2D eigenvalue weighted by molar-refractivity contribution is -0.140. The van der Waals surface area contributed by atoms with Gasteiger partial charge in [-0.3, -0.25) is 13.9 Å². The number of hydrogen-bond acceptors (Lipinski definition) is 4. The van der Waals surface area contributed by atoms with Gasteiger partial charge in [-0.15, -0.1) is 0 Å². The summed E-state index contributed by atoms with van der Waals surface area (Å²) in [6.07, 6.45) is 1.28. The van der Waals surface area contributed by atoms with Crippen LogP contribution in [-0.4, -0.2) is 49.5 Å². The average Bonchev–Trinajstić information content (AvgIpc) is 2.86. The van der Waals surface area contributed by atoms with Gasteiger partial charge in [0.1, 0.15) is 12.6 Å². The number of halogens is 2. The Kier molecular flexibility index (Phi) is 10.5. The number of amides is 2. The van der Waals surface area contributed by atoms with Crippen LogP contribution in [0.3, 0.4) is 0 Å². The lowest BCUT2D eigenvalue weighted by Gasteiger charge is -2.35. The van der Waals surface area contributed by atoms with Crippen LogP contribution < -0.4 is 9.62 Å². The molecular weight excluding hydrogens is 581 g/mol. The van der Waals surface area contributed by atoms with Gasteiger partial charge in [0.15, 0.2) is 0 Å². The van der Waals surface area contributed by atoms with Gasteiger partial charge in [0, 0.05) is 28.5 Å². The predicted octanol–water partition coefficient (Wildman–Crippen LogP) is 5.93. The molecule has 0 unspecified atom stereocenters.